The third-order valence-corrected chi connectivity index (χ3v) is 3.84. The van der Waals surface area contributed by atoms with Crippen molar-refractivity contribution in [1.29, 1.82) is 0 Å². The Morgan fingerprint density at radius 1 is 1.10 bits per heavy atom. The zero-order valence-electron chi connectivity index (χ0n) is 12.5. The predicted molar refractivity (Wildman–Crippen MR) is 84.1 cm³/mol. The van der Waals surface area contributed by atoms with Crippen molar-refractivity contribution in [3.63, 3.8) is 0 Å². The number of nitrogens with one attached hydrogen (secondary N) is 1. The molecule has 0 aliphatic heterocycles. The standard InChI is InChI=1S/C17H20N4/c1-3-14-7-9-15(10-8-14)13(2)18-12-17-20-19-16-6-4-5-11-21(16)17/h4-11,13,18H,3,12H2,1-2H3. The smallest absolute Gasteiger partial charge is 0.160 e. The molecule has 0 saturated carbocycles. The van der Waals surface area contributed by atoms with Crippen LogP contribution in [0.15, 0.2) is 48.7 Å². The quantitative estimate of drug-likeness (QED) is 0.780. The van der Waals surface area contributed by atoms with E-state index in [-0.39, 0.29) is 6.04 Å². The van der Waals surface area contributed by atoms with Crippen LogP contribution >= 0.6 is 0 Å². The number of fused-ring (bicyclic) bond motifs is 1. The highest BCUT2D eigenvalue weighted by molar-refractivity contribution is 5.37. The molecular weight excluding hydrogens is 260 g/mol. The molecule has 0 bridgehead atoms. The molecule has 1 N–H and O–H groups in total. The Morgan fingerprint density at radius 3 is 2.67 bits per heavy atom. The molecule has 1 aromatic carbocycles. The van der Waals surface area contributed by atoms with Crippen molar-refractivity contribution in [2.45, 2.75) is 32.9 Å². The first-order valence-electron chi connectivity index (χ1n) is 7.39. The number of hydrogen-bond acceptors (Lipinski definition) is 3. The van der Waals surface area contributed by atoms with E-state index in [0.717, 1.165) is 17.9 Å². The monoisotopic (exact) mass is 280 g/mol. The van der Waals surface area contributed by atoms with E-state index in [1.165, 1.54) is 11.1 Å². The molecule has 0 aliphatic carbocycles. The summed E-state index contributed by atoms with van der Waals surface area (Å²) >= 11 is 0. The maximum Gasteiger partial charge on any atom is 0.160 e. The van der Waals surface area contributed by atoms with Gasteiger partial charge >= 0.3 is 0 Å². The number of hydrogen-bond donors (Lipinski definition) is 1. The average molecular weight is 280 g/mol. The zero-order valence-corrected chi connectivity index (χ0v) is 12.5. The Morgan fingerprint density at radius 2 is 1.90 bits per heavy atom. The van der Waals surface area contributed by atoms with Crippen LogP contribution in [0.25, 0.3) is 5.65 Å². The van der Waals surface area contributed by atoms with Gasteiger partial charge < -0.3 is 5.32 Å². The molecule has 0 radical (unpaired) electrons. The molecule has 0 saturated heterocycles. The first-order valence-corrected chi connectivity index (χ1v) is 7.39. The highest BCUT2D eigenvalue weighted by atomic mass is 15.3. The molecule has 1 unspecified atom stereocenters. The third kappa shape index (κ3) is 2.95. The number of benzene rings is 1. The van der Waals surface area contributed by atoms with Crippen LogP contribution in [0.2, 0.25) is 0 Å². The summed E-state index contributed by atoms with van der Waals surface area (Å²) in [6, 6.07) is 15.0. The second kappa shape index (κ2) is 6.06. The molecule has 3 rings (SSSR count). The van der Waals surface area contributed by atoms with Gasteiger partial charge in [-0.05, 0) is 36.6 Å². The second-order valence-corrected chi connectivity index (χ2v) is 5.24. The Labute approximate surface area is 124 Å². The van der Waals surface area contributed by atoms with E-state index in [1.807, 2.05) is 28.8 Å². The van der Waals surface area contributed by atoms with Gasteiger partial charge in [0.1, 0.15) is 0 Å². The van der Waals surface area contributed by atoms with Crippen molar-refractivity contribution >= 4 is 5.65 Å². The minimum absolute atomic E-state index is 0.284. The fourth-order valence-corrected chi connectivity index (χ4v) is 2.42. The summed E-state index contributed by atoms with van der Waals surface area (Å²) < 4.78 is 2.01. The molecule has 4 nitrogen and oxygen atoms in total. The summed E-state index contributed by atoms with van der Waals surface area (Å²) in [6.07, 6.45) is 3.07. The Bertz CT molecular complexity index is 715. The van der Waals surface area contributed by atoms with E-state index >= 15 is 0 Å². The molecule has 4 heteroatoms. The maximum absolute atomic E-state index is 4.24. The van der Waals surface area contributed by atoms with Crippen LogP contribution in [0.4, 0.5) is 0 Å². The minimum Gasteiger partial charge on any atom is -0.303 e. The van der Waals surface area contributed by atoms with Crippen molar-refractivity contribution in [3.05, 3.63) is 65.6 Å². The van der Waals surface area contributed by atoms with Crippen molar-refractivity contribution in [1.82, 2.24) is 19.9 Å². The lowest BCUT2D eigenvalue weighted by molar-refractivity contribution is 0.556. The molecule has 2 heterocycles. The summed E-state index contributed by atoms with van der Waals surface area (Å²) in [5.74, 6) is 0.933. The molecular formula is C17H20N4. The minimum atomic E-state index is 0.284. The van der Waals surface area contributed by atoms with Crippen LogP contribution in [0.1, 0.15) is 36.8 Å². The fourth-order valence-electron chi connectivity index (χ4n) is 2.42. The van der Waals surface area contributed by atoms with E-state index < -0.39 is 0 Å². The number of aryl methyl sites for hydroxylation is 1. The molecule has 0 fully saturated rings. The van der Waals surface area contributed by atoms with Crippen LogP contribution < -0.4 is 5.32 Å². The summed E-state index contributed by atoms with van der Waals surface area (Å²) in [6.45, 7) is 5.04. The lowest BCUT2D eigenvalue weighted by Crippen LogP contribution is -2.19. The summed E-state index contributed by atoms with van der Waals surface area (Å²) in [5.41, 5.74) is 3.55. The van der Waals surface area contributed by atoms with Crippen LogP contribution in [-0.2, 0) is 13.0 Å². The number of nitrogens with zero attached hydrogens (tertiary/aromatic N) is 3. The van der Waals surface area contributed by atoms with Crippen LogP contribution in [0.5, 0.6) is 0 Å². The average Bonchev–Trinajstić information content (AvgIpc) is 2.96. The zero-order chi connectivity index (χ0) is 14.7. The first kappa shape index (κ1) is 13.8. The van der Waals surface area contributed by atoms with Crippen molar-refractivity contribution < 1.29 is 0 Å². The van der Waals surface area contributed by atoms with Gasteiger partial charge in [0.15, 0.2) is 11.5 Å². The number of pyridine rings is 1. The molecule has 2 aromatic heterocycles. The fraction of sp³-hybridized carbons (Fsp3) is 0.294. The molecule has 1 atom stereocenters. The van der Waals surface area contributed by atoms with Crippen LogP contribution in [-0.4, -0.2) is 14.6 Å². The van der Waals surface area contributed by atoms with E-state index in [9.17, 15) is 0 Å². The summed E-state index contributed by atoms with van der Waals surface area (Å²) in [7, 11) is 0. The summed E-state index contributed by atoms with van der Waals surface area (Å²) in [5, 5.41) is 11.9. The molecule has 0 spiro atoms. The van der Waals surface area contributed by atoms with Gasteiger partial charge in [-0.25, -0.2) is 0 Å². The van der Waals surface area contributed by atoms with E-state index in [2.05, 4.69) is 53.6 Å². The lowest BCUT2D eigenvalue weighted by Gasteiger charge is -2.14. The van der Waals surface area contributed by atoms with E-state index in [4.69, 9.17) is 0 Å². The van der Waals surface area contributed by atoms with Crippen LogP contribution in [0.3, 0.4) is 0 Å². The number of aromatic nitrogens is 3. The van der Waals surface area contributed by atoms with Gasteiger partial charge in [-0.2, -0.15) is 0 Å². The van der Waals surface area contributed by atoms with Gasteiger partial charge in [0.2, 0.25) is 0 Å². The third-order valence-electron chi connectivity index (χ3n) is 3.84. The first-order chi connectivity index (χ1) is 10.3. The van der Waals surface area contributed by atoms with Crippen molar-refractivity contribution in [3.8, 4) is 0 Å². The van der Waals surface area contributed by atoms with Gasteiger partial charge in [0, 0.05) is 12.2 Å². The van der Waals surface area contributed by atoms with Gasteiger partial charge in [0.25, 0.3) is 0 Å². The molecule has 0 amide bonds. The second-order valence-electron chi connectivity index (χ2n) is 5.24. The van der Waals surface area contributed by atoms with Gasteiger partial charge in [-0.15, -0.1) is 10.2 Å². The maximum atomic E-state index is 4.24. The van der Waals surface area contributed by atoms with Gasteiger partial charge in [0.05, 0.1) is 6.54 Å². The molecule has 0 aliphatic rings. The Balaban J connectivity index is 1.68. The summed E-state index contributed by atoms with van der Waals surface area (Å²) in [4.78, 5) is 0. The van der Waals surface area contributed by atoms with Crippen molar-refractivity contribution in [2.24, 2.45) is 0 Å². The van der Waals surface area contributed by atoms with E-state index in [0.29, 0.717) is 6.54 Å². The Hall–Kier alpha value is -2.20. The molecule has 3 aromatic rings. The highest BCUT2D eigenvalue weighted by Gasteiger charge is 2.08. The van der Waals surface area contributed by atoms with Gasteiger partial charge in [-0.1, -0.05) is 37.3 Å². The Kier molecular flexibility index (Phi) is 3.97. The number of rotatable bonds is 5. The SMILES string of the molecule is CCc1ccc(C(C)NCc2nnc3ccccn23)cc1. The molecule has 108 valence electrons. The van der Waals surface area contributed by atoms with Crippen LogP contribution in [0, 0.1) is 0 Å². The normalized spacial score (nSPS) is 12.7. The largest absolute Gasteiger partial charge is 0.303 e. The van der Waals surface area contributed by atoms with Gasteiger partial charge in [-0.3, -0.25) is 4.40 Å². The molecule has 21 heavy (non-hydrogen) atoms. The topological polar surface area (TPSA) is 42.2 Å². The van der Waals surface area contributed by atoms with Crippen molar-refractivity contribution in [2.75, 3.05) is 0 Å². The predicted octanol–water partition coefficient (Wildman–Crippen LogP) is 3.14. The van der Waals surface area contributed by atoms with E-state index in [1.54, 1.807) is 0 Å². The highest BCUT2D eigenvalue weighted by Crippen LogP contribution is 2.14. The lowest BCUT2D eigenvalue weighted by atomic mass is 10.1.